The van der Waals surface area contributed by atoms with Crippen LogP contribution in [0, 0.1) is 6.92 Å². The van der Waals surface area contributed by atoms with E-state index in [9.17, 15) is 0 Å². The third kappa shape index (κ3) is 3.94. The lowest BCUT2D eigenvalue weighted by atomic mass is 9.99. The van der Waals surface area contributed by atoms with Crippen LogP contribution < -0.4 is 5.32 Å². The van der Waals surface area contributed by atoms with E-state index in [1.54, 1.807) is 0 Å². The maximum absolute atomic E-state index is 3.77. The van der Waals surface area contributed by atoms with Gasteiger partial charge in [-0.2, -0.15) is 0 Å². The van der Waals surface area contributed by atoms with Crippen molar-refractivity contribution >= 4 is 0 Å². The van der Waals surface area contributed by atoms with Crippen LogP contribution in [0.15, 0.2) is 54.6 Å². The molecule has 0 saturated heterocycles. The molecule has 0 aliphatic rings. The van der Waals surface area contributed by atoms with Gasteiger partial charge in [0.05, 0.1) is 0 Å². The molecule has 0 amide bonds. The molecule has 2 unspecified atom stereocenters. The van der Waals surface area contributed by atoms with Gasteiger partial charge in [-0.1, -0.05) is 61.5 Å². The Morgan fingerprint density at radius 2 is 1.60 bits per heavy atom. The Balaban J connectivity index is 2.01. The molecule has 20 heavy (non-hydrogen) atoms. The Labute approximate surface area is 123 Å². The van der Waals surface area contributed by atoms with Crippen LogP contribution in [0.5, 0.6) is 0 Å². The minimum absolute atomic E-state index is 0.393. The molecular formula is C19H25N. The summed E-state index contributed by atoms with van der Waals surface area (Å²) < 4.78 is 0. The van der Waals surface area contributed by atoms with Crippen LogP contribution in [0.3, 0.4) is 0 Å². The van der Waals surface area contributed by atoms with Crippen molar-refractivity contribution in [1.82, 2.24) is 5.32 Å². The number of hydrogen-bond donors (Lipinski definition) is 1. The van der Waals surface area contributed by atoms with Crippen molar-refractivity contribution in [1.29, 1.82) is 0 Å². The van der Waals surface area contributed by atoms with Gasteiger partial charge in [-0.3, -0.25) is 0 Å². The molecule has 1 nitrogen and oxygen atoms in total. The van der Waals surface area contributed by atoms with Gasteiger partial charge in [0.15, 0.2) is 0 Å². The smallest absolute Gasteiger partial charge is 0.0297 e. The van der Waals surface area contributed by atoms with Gasteiger partial charge in [-0.25, -0.2) is 0 Å². The average Bonchev–Trinajstić information content (AvgIpc) is 2.48. The fourth-order valence-corrected chi connectivity index (χ4v) is 2.74. The van der Waals surface area contributed by atoms with Gasteiger partial charge < -0.3 is 5.32 Å². The molecule has 0 saturated carbocycles. The predicted molar refractivity (Wildman–Crippen MR) is 87.0 cm³/mol. The monoisotopic (exact) mass is 267 g/mol. The Bertz CT molecular complexity index is 518. The van der Waals surface area contributed by atoms with E-state index in [-0.39, 0.29) is 0 Å². The van der Waals surface area contributed by atoms with E-state index < -0.39 is 0 Å². The zero-order valence-corrected chi connectivity index (χ0v) is 12.8. The molecule has 2 atom stereocenters. The lowest BCUT2D eigenvalue weighted by Gasteiger charge is -2.24. The van der Waals surface area contributed by atoms with Crippen molar-refractivity contribution in [3.05, 3.63) is 71.3 Å². The quantitative estimate of drug-likeness (QED) is 0.802. The number of hydrogen-bond acceptors (Lipinski definition) is 1. The Morgan fingerprint density at radius 1 is 0.950 bits per heavy atom. The van der Waals surface area contributed by atoms with Crippen LogP contribution in [0.1, 0.15) is 43.0 Å². The van der Waals surface area contributed by atoms with E-state index in [4.69, 9.17) is 0 Å². The summed E-state index contributed by atoms with van der Waals surface area (Å²) in [7, 11) is 0. The standard InChI is InChI=1S/C19H25N/c1-4-18(14-17-11-6-5-7-12-17)20-16(3)19-13-9-8-10-15(19)2/h5-13,16,18,20H,4,14H2,1-3H3. The highest BCUT2D eigenvalue weighted by Crippen LogP contribution is 2.18. The summed E-state index contributed by atoms with van der Waals surface area (Å²) in [5, 5.41) is 3.77. The summed E-state index contributed by atoms with van der Waals surface area (Å²) in [5.41, 5.74) is 4.17. The number of rotatable bonds is 6. The summed E-state index contributed by atoms with van der Waals surface area (Å²) >= 11 is 0. The van der Waals surface area contributed by atoms with Crippen LogP contribution in [0.4, 0.5) is 0 Å². The SMILES string of the molecule is CCC(Cc1ccccc1)NC(C)c1ccccc1C. The second-order valence-corrected chi connectivity index (χ2v) is 5.54. The van der Waals surface area contributed by atoms with Crippen molar-refractivity contribution in [3.8, 4) is 0 Å². The molecule has 0 aliphatic heterocycles. The highest BCUT2D eigenvalue weighted by atomic mass is 14.9. The molecule has 1 heteroatoms. The largest absolute Gasteiger partial charge is 0.307 e. The van der Waals surface area contributed by atoms with E-state index in [1.807, 2.05) is 0 Å². The lowest BCUT2D eigenvalue weighted by molar-refractivity contribution is 0.439. The molecule has 1 N–H and O–H groups in total. The molecule has 0 heterocycles. The molecular weight excluding hydrogens is 242 g/mol. The van der Waals surface area contributed by atoms with Crippen molar-refractivity contribution in [2.45, 2.75) is 45.7 Å². The highest BCUT2D eigenvalue weighted by molar-refractivity contribution is 5.28. The van der Waals surface area contributed by atoms with Gasteiger partial charge in [0, 0.05) is 12.1 Å². The van der Waals surface area contributed by atoms with Crippen molar-refractivity contribution in [2.24, 2.45) is 0 Å². The first-order chi connectivity index (χ1) is 9.70. The number of benzene rings is 2. The first-order valence-electron chi connectivity index (χ1n) is 7.56. The molecule has 0 fully saturated rings. The molecule has 106 valence electrons. The van der Waals surface area contributed by atoms with Crippen molar-refractivity contribution in [2.75, 3.05) is 0 Å². The second kappa shape index (κ2) is 7.25. The van der Waals surface area contributed by atoms with Crippen molar-refractivity contribution in [3.63, 3.8) is 0 Å². The van der Waals surface area contributed by atoms with Gasteiger partial charge in [0.1, 0.15) is 0 Å². The predicted octanol–water partition coefficient (Wildman–Crippen LogP) is 4.67. The van der Waals surface area contributed by atoms with E-state index >= 15 is 0 Å². The number of nitrogens with one attached hydrogen (secondary N) is 1. The van der Waals surface area contributed by atoms with Gasteiger partial charge in [0.25, 0.3) is 0 Å². The maximum atomic E-state index is 3.77. The molecule has 0 aromatic heterocycles. The van der Waals surface area contributed by atoms with Gasteiger partial charge >= 0.3 is 0 Å². The zero-order chi connectivity index (χ0) is 14.4. The van der Waals surface area contributed by atoms with Crippen LogP contribution >= 0.6 is 0 Å². The van der Waals surface area contributed by atoms with Crippen LogP contribution in [-0.2, 0) is 6.42 Å². The van der Waals surface area contributed by atoms with Gasteiger partial charge in [0.2, 0.25) is 0 Å². The van der Waals surface area contributed by atoms with Gasteiger partial charge in [-0.15, -0.1) is 0 Å². The molecule has 0 radical (unpaired) electrons. The normalized spacial score (nSPS) is 13.9. The first-order valence-corrected chi connectivity index (χ1v) is 7.56. The maximum Gasteiger partial charge on any atom is 0.0297 e. The Hall–Kier alpha value is -1.60. The average molecular weight is 267 g/mol. The third-order valence-electron chi connectivity index (χ3n) is 3.96. The fraction of sp³-hybridized carbons (Fsp3) is 0.368. The summed E-state index contributed by atoms with van der Waals surface area (Å²) in [4.78, 5) is 0. The molecule has 0 spiro atoms. The minimum Gasteiger partial charge on any atom is -0.307 e. The molecule has 0 bridgehead atoms. The minimum atomic E-state index is 0.393. The molecule has 2 aromatic rings. The lowest BCUT2D eigenvalue weighted by Crippen LogP contribution is -2.33. The van der Waals surface area contributed by atoms with Crippen molar-refractivity contribution < 1.29 is 0 Å². The highest BCUT2D eigenvalue weighted by Gasteiger charge is 2.13. The zero-order valence-electron chi connectivity index (χ0n) is 12.8. The Kier molecular flexibility index (Phi) is 5.37. The number of aryl methyl sites for hydroxylation is 1. The summed E-state index contributed by atoms with van der Waals surface area (Å²) in [6.07, 6.45) is 2.23. The van der Waals surface area contributed by atoms with Gasteiger partial charge in [-0.05, 0) is 43.4 Å². The van der Waals surface area contributed by atoms with Crippen LogP contribution in [0.2, 0.25) is 0 Å². The van der Waals surface area contributed by atoms with E-state index in [1.165, 1.54) is 16.7 Å². The Morgan fingerprint density at radius 3 is 2.25 bits per heavy atom. The topological polar surface area (TPSA) is 12.0 Å². The van der Waals surface area contributed by atoms with Crippen LogP contribution in [0.25, 0.3) is 0 Å². The van der Waals surface area contributed by atoms with E-state index in [0.717, 1.165) is 12.8 Å². The third-order valence-corrected chi connectivity index (χ3v) is 3.96. The molecule has 2 rings (SSSR count). The molecule has 2 aromatic carbocycles. The fourth-order valence-electron chi connectivity index (χ4n) is 2.74. The molecule has 0 aliphatic carbocycles. The van der Waals surface area contributed by atoms with Crippen LogP contribution in [-0.4, -0.2) is 6.04 Å². The van der Waals surface area contributed by atoms with E-state index in [2.05, 4.69) is 80.7 Å². The first kappa shape index (κ1) is 14.8. The second-order valence-electron chi connectivity index (χ2n) is 5.54. The van der Waals surface area contributed by atoms with E-state index in [0.29, 0.717) is 12.1 Å². The summed E-state index contributed by atoms with van der Waals surface area (Å²) in [6, 6.07) is 20.3. The summed E-state index contributed by atoms with van der Waals surface area (Å²) in [6.45, 7) is 6.70. The summed E-state index contributed by atoms with van der Waals surface area (Å²) in [5.74, 6) is 0.